The minimum atomic E-state index is 0.0204. The number of halogens is 1. The Labute approximate surface area is 148 Å². The highest BCUT2D eigenvalue weighted by Crippen LogP contribution is 2.65. The third kappa shape index (κ3) is 1.91. The topological polar surface area (TPSA) is 17.1 Å². The maximum Gasteiger partial charge on any atom is 0.139 e. The molecule has 3 fully saturated rings. The highest BCUT2D eigenvalue weighted by Gasteiger charge is 2.59. The van der Waals surface area contributed by atoms with Gasteiger partial charge >= 0.3 is 0 Å². The molecule has 0 aromatic heterocycles. The maximum absolute atomic E-state index is 12.5. The van der Waals surface area contributed by atoms with Crippen LogP contribution in [0.1, 0.15) is 65.7 Å². The van der Waals surface area contributed by atoms with Crippen molar-refractivity contribution in [2.24, 2.45) is 34.5 Å². The Morgan fingerprint density at radius 2 is 2.00 bits per heavy atom. The van der Waals surface area contributed by atoms with Gasteiger partial charge in [-0.3, -0.25) is 4.79 Å². The van der Waals surface area contributed by atoms with Crippen molar-refractivity contribution >= 4 is 28.4 Å². The molecule has 1 unspecified atom stereocenters. The molecule has 1 nitrogen and oxygen atoms in total. The molecular weight excluding hydrogens is 383 g/mol. The molecule has 2 heteroatoms. The summed E-state index contributed by atoms with van der Waals surface area (Å²) in [6, 6.07) is 0. The van der Waals surface area contributed by atoms with Gasteiger partial charge in [0.25, 0.3) is 0 Å². The molecule has 0 bridgehead atoms. The quantitative estimate of drug-likeness (QED) is 0.289. The SMILES string of the molecule is CC1C[C@H](I)CC2=CC[C@H]3[C@@H]4CCC(=O)[C@@]4(C)CC[C@@H]3[C@]21C. The molecule has 0 saturated heterocycles. The van der Waals surface area contributed by atoms with Crippen LogP contribution in [-0.2, 0) is 4.79 Å². The average Bonchev–Trinajstić information content (AvgIpc) is 2.77. The normalized spacial score (nSPS) is 54.3. The van der Waals surface area contributed by atoms with Crippen LogP contribution in [0.15, 0.2) is 11.6 Å². The van der Waals surface area contributed by atoms with Gasteiger partial charge in [0.2, 0.25) is 0 Å². The number of carbonyl (C=O) groups excluding carboxylic acids is 1. The standard InChI is InChI=1S/C20H29IO/c1-12-10-14(21)11-13-4-5-15-16-6-7-18(22)19(16,2)9-8-17(15)20(12,13)3/h4,12,14-17H,5-11H2,1-3H3/t12?,14-,15-,16-,17-,19-,20-/m0/s1. The highest BCUT2D eigenvalue weighted by molar-refractivity contribution is 14.1. The van der Waals surface area contributed by atoms with Crippen molar-refractivity contribution in [1.29, 1.82) is 0 Å². The molecule has 0 heterocycles. The Kier molecular flexibility index (Phi) is 3.61. The monoisotopic (exact) mass is 412 g/mol. The van der Waals surface area contributed by atoms with E-state index >= 15 is 0 Å². The second-order valence-electron chi connectivity index (χ2n) is 8.98. The van der Waals surface area contributed by atoms with E-state index in [-0.39, 0.29) is 5.41 Å². The lowest BCUT2D eigenvalue weighted by Gasteiger charge is -2.59. The Balaban J connectivity index is 1.72. The van der Waals surface area contributed by atoms with Gasteiger partial charge in [0.15, 0.2) is 0 Å². The summed E-state index contributed by atoms with van der Waals surface area (Å²) in [4.78, 5) is 12.5. The number of hydrogen-bond acceptors (Lipinski definition) is 1. The van der Waals surface area contributed by atoms with Crippen LogP contribution >= 0.6 is 22.6 Å². The minimum absolute atomic E-state index is 0.0204. The van der Waals surface area contributed by atoms with E-state index in [0.717, 1.165) is 34.5 Å². The molecule has 0 radical (unpaired) electrons. The van der Waals surface area contributed by atoms with Gasteiger partial charge in [-0.25, -0.2) is 0 Å². The number of Topliss-reactive ketones (excluding diaryl/α,β-unsaturated/α-hetero) is 1. The first-order valence-electron chi connectivity index (χ1n) is 9.24. The molecule has 0 aliphatic heterocycles. The largest absolute Gasteiger partial charge is 0.299 e. The number of rotatable bonds is 0. The van der Waals surface area contributed by atoms with Gasteiger partial charge in [-0.15, -0.1) is 0 Å². The van der Waals surface area contributed by atoms with Gasteiger partial charge in [-0.05, 0) is 67.6 Å². The summed E-state index contributed by atoms with van der Waals surface area (Å²) in [5.41, 5.74) is 2.20. The summed E-state index contributed by atoms with van der Waals surface area (Å²) in [6.07, 6.45) is 11.0. The predicted molar refractivity (Wildman–Crippen MR) is 99.1 cm³/mol. The van der Waals surface area contributed by atoms with Gasteiger partial charge in [0, 0.05) is 15.8 Å². The molecule has 0 N–H and O–H groups in total. The lowest BCUT2D eigenvalue weighted by atomic mass is 9.46. The Hall–Kier alpha value is 0.140. The van der Waals surface area contributed by atoms with E-state index in [1.165, 1.54) is 32.1 Å². The summed E-state index contributed by atoms with van der Waals surface area (Å²) < 4.78 is 0.824. The number of allylic oxidation sites excluding steroid dienone is 2. The van der Waals surface area contributed by atoms with Gasteiger partial charge in [-0.2, -0.15) is 0 Å². The van der Waals surface area contributed by atoms with Crippen LogP contribution in [0.4, 0.5) is 0 Å². The third-order valence-corrected chi connectivity index (χ3v) is 9.27. The Morgan fingerprint density at radius 1 is 1.23 bits per heavy atom. The molecular formula is C20H29IO. The van der Waals surface area contributed by atoms with Crippen LogP contribution in [0.2, 0.25) is 0 Å². The van der Waals surface area contributed by atoms with E-state index < -0.39 is 0 Å². The lowest BCUT2D eigenvalue weighted by Crippen LogP contribution is -2.52. The van der Waals surface area contributed by atoms with Crippen molar-refractivity contribution < 1.29 is 4.79 Å². The molecule has 4 rings (SSSR count). The second kappa shape index (κ2) is 5.07. The first kappa shape index (κ1) is 15.7. The summed E-state index contributed by atoms with van der Waals surface area (Å²) in [7, 11) is 0. The molecule has 4 aliphatic rings. The first-order chi connectivity index (χ1) is 10.4. The van der Waals surface area contributed by atoms with Crippen LogP contribution in [-0.4, -0.2) is 9.71 Å². The average molecular weight is 412 g/mol. The molecule has 0 aromatic carbocycles. The predicted octanol–water partition coefficient (Wildman–Crippen LogP) is 5.57. The van der Waals surface area contributed by atoms with Crippen molar-refractivity contribution in [1.82, 2.24) is 0 Å². The van der Waals surface area contributed by atoms with Crippen LogP contribution in [0.3, 0.4) is 0 Å². The lowest BCUT2D eigenvalue weighted by molar-refractivity contribution is -0.132. The zero-order valence-electron chi connectivity index (χ0n) is 14.2. The van der Waals surface area contributed by atoms with Crippen LogP contribution in [0, 0.1) is 34.5 Å². The van der Waals surface area contributed by atoms with Crippen molar-refractivity contribution in [2.45, 2.75) is 69.6 Å². The fourth-order valence-electron chi connectivity index (χ4n) is 6.80. The molecule has 22 heavy (non-hydrogen) atoms. The zero-order valence-corrected chi connectivity index (χ0v) is 16.4. The van der Waals surface area contributed by atoms with E-state index in [1.807, 2.05) is 0 Å². The van der Waals surface area contributed by atoms with E-state index in [9.17, 15) is 4.79 Å². The molecule has 122 valence electrons. The maximum atomic E-state index is 12.5. The molecule has 7 atom stereocenters. The summed E-state index contributed by atoms with van der Waals surface area (Å²) in [5, 5.41) is 0. The van der Waals surface area contributed by atoms with E-state index in [0.29, 0.717) is 17.1 Å². The van der Waals surface area contributed by atoms with Crippen LogP contribution in [0.5, 0.6) is 0 Å². The molecule has 3 saturated carbocycles. The smallest absolute Gasteiger partial charge is 0.139 e. The molecule has 4 aliphatic carbocycles. The van der Waals surface area contributed by atoms with Gasteiger partial charge < -0.3 is 0 Å². The summed E-state index contributed by atoms with van der Waals surface area (Å²) in [5.74, 6) is 3.63. The Morgan fingerprint density at radius 3 is 2.77 bits per heavy atom. The number of ketones is 1. The van der Waals surface area contributed by atoms with E-state index in [1.54, 1.807) is 5.57 Å². The number of fused-ring (bicyclic) bond motifs is 5. The molecule has 0 spiro atoms. The van der Waals surface area contributed by atoms with Gasteiger partial charge in [0.05, 0.1) is 0 Å². The van der Waals surface area contributed by atoms with Crippen LogP contribution < -0.4 is 0 Å². The van der Waals surface area contributed by atoms with E-state index in [2.05, 4.69) is 49.4 Å². The number of carbonyl (C=O) groups is 1. The van der Waals surface area contributed by atoms with Crippen molar-refractivity contribution in [3.05, 3.63) is 11.6 Å². The van der Waals surface area contributed by atoms with Gasteiger partial charge in [-0.1, -0.05) is 55.0 Å². The summed E-state index contributed by atoms with van der Waals surface area (Å²) >= 11 is 2.66. The third-order valence-electron chi connectivity index (χ3n) is 8.32. The van der Waals surface area contributed by atoms with Crippen molar-refractivity contribution in [3.63, 3.8) is 0 Å². The minimum Gasteiger partial charge on any atom is -0.299 e. The fraction of sp³-hybridized carbons (Fsp3) is 0.850. The van der Waals surface area contributed by atoms with Crippen LogP contribution in [0.25, 0.3) is 0 Å². The van der Waals surface area contributed by atoms with Gasteiger partial charge in [0.1, 0.15) is 5.78 Å². The highest BCUT2D eigenvalue weighted by atomic mass is 127. The van der Waals surface area contributed by atoms with Crippen molar-refractivity contribution in [2.75, 3.05) is 0 Å². The fourth-order valence-corrected chi connectivity index (χ4v) is 8.04. The first-order valence-corrected chi connectivity index (χ1v) is 10.5. The number of alkyl halides is 1. The summed E-state index contributed by atoms with van der Waals surface area (Å²) in [6.45, 7) is 7.35. The molecule has 0 aromatic rings. The molecule has 0 amide bonds. The Bertz CT molecular complexity index is 538. The van der Waals surface area contributed by atoms with E-state index in [4.69, 9.17) is 0 Å². The zero-order chi connectivity index (χ0) is 15.7. The number of hydrogen-bond donors (Lipinski definition) is 0. The van der Waals surface area contributed by atoms with Crippen molar-refractivity contribution in [3.8, 4) is 0 Å². The second-order valence-corrected chi connectivity index (χ2v) is 10.7.